The summed E-state index contributed by atoms with van der Waals surface area (Å²) in [6.45, 7) is 6.46. The number of rotatable bonds is 7. The maximum atomic E-state index is 12.8. The van der Waals surface area contributed by atoms with Gasteiger partial charge in [0.05, 0.1) is 12.8 Å². The molecule has 33 heavy (non-hydrogen) atoms. The average molecular weight is 452 g/mol. The fraction of sp³-hybridized carbons (Fsp3) is 0.615. The molecule has 1 aliphatic heterocycles. The molecule has 0 radical (unpaired) electrons. The summed E-state index contributed by atoms with van der Waals surface area (Å²) in [6, 6.07) is 6.90. The molecule has 1 aromatic heterocycles. The molecular weight excluding hydrogens is 414 g/mol. The lowest BCUT2D eigenvalue weighted by Crippen LogP contribution is -2.51. The second-order valence-electron chi connectivity index (χ2n) is 9.73. The Morgan fingerprint density at radius 2 is 1.97 bits per heavy atom. The van der Waals surface area contributed by atoms with Crippen molar-refractivity contribution in [2.24, 2.45) is 0 Å². The van der Waals surface area contributed by atoms with Crippen molar-refractivity contribution in [2.75, 3.05) is 46.4 Å². The number of nitrogens with one attached hydrogen (secondary N) is 2. The molecule has 2 heterocycles. The lowest BCUT2D eigenvalue weighted by Gasteiger charge is -2.40. The van der Waals surface area contributed by atoms with E-state index >= 15 is 0 Å². The molecule has 2 aliphatic carbocycles. The summed E-state index contributed by atoms with van der Waals surface area (Å²) in [7, 11) is 1.68. The van der Waals surface area contributed by atoms with Gasteiger partial charge in [0.15, 0.2) is 0 Å². The number of aromatic amines is 1. The molecule has 0 spiro atoms. The first-order chi connectivity index (χ1) is 16.2. The SMILES string of the molecule is COc1ccc2c(c1)CCc1c-2n[nH]c1C(=O)NCCCN1CCN(C2CCCCC2)CC1. The predicted octanol–water partition coefficient (Wildman–Crippen LogP) is 3.25. The van der Waals surface area contributed by atoms with E-state index in [1.54, 1.807) is 7.11 Å². The van der Waals surface area contributed by atoms with E-state index in [1.807, 2.05) is 12.1 Å². The molecule has 178 valence electrons. The topological polar surface area (TPSA) is 73.5 Å². The highest BCUT2D eigenvalue weighted by Gasteiger charge is 2.26. The molecule has 2 N–H and O–H groups in total. The van der Waals surface area contributed by atoms with Crippen molar-refractivity contribution >= 4 is 5.91 Å². The summed E-state index contributed by atoms with van der Waals surface area (Å²) < 4.78 is 5.35. The molecule has 1 saturated carbocycles. The Labute approximate surface area is 196 Å². The molecule has 3 aliphatic rings. The number of carbonyl (C=O) groups excluding carboxylic acids is 1. The molecule has 7 nitrogen and oxygen atoms in total. The standard InChI is InChI=1S/C26H37N5O2/c1-33-21-9-11-22-19(18-21)8-10-23-24(22)28-29-25(23)26(32)27-12-5-13-30-14-16-31(17-15-30)20-6-3-2-4-7-20/h9,11,18,20H,2-8,10,12-17H2,1H3,(H,27,32)(H,28,29). The van der Waals surface area contributed by atoms with Gasteiger partial charge >= 0.3 is 0 Å². The van der Waals surface area contributed by atoms with Crippen LogP contribution < -0.4 is 10.1 Å². The number of fused-ring (bicyclic) bond motifs is 3. The van der Waals surface area contributed by atoms with Gasteiger partial charge in [-0.25, -0.2) is 0 Å². The van der Waals surface area contributed by atoms with Gasteiger partial charge in [-0.1, -0.05) is 19.3 Å². The van der Waals surface area contributed by atoms with Gasteiger partial charge in [-0.2, -0.15) is 5.10 Å². The van der Waals surface area contributed by atoms with Crippen LogP contribution >= 0.6 is 0 Å². The Hall–Kier alpha value is -2.38. The van der Waals surface area contributed by atoms with Crippen molar-refractivity contribution in [1.29, 1.82) is 0 Å². The van der Waals surface area contributed by atoms with Crippen molar-refractivity contribution in [3.05, 3.63) is 35.0 Å². The molecule has 1 saturated heterocycles. The minimum absolute atomic E-state index is 0.0390. The summed E-state index contributed by atoms with van der Waals surface area (Å²) >= 11 is 0. The van der Waals surface area contributed by atoms with E-state index in [0.29, 0.717) is 12.2 Å². The van der Waals surface area contributed by atoms with Crippen LogP contribution in [0.25, 0.3) is 11.3 Å². The Bertz CT molecular complexity index is 958. The number of hydrogen-bond acceptors (Lipinski definition) is 5. The Kier molecular flexibility index (Phi) is 6.97. The van der Waals surface area contributed by atoms with Gasteiger partial charge in [-0.3, -0.25) is 14.8 Å². The Morgan fingerprint density at radius 3 is 2.76 bits per heavy atom. The largest absolute Gasteiger partial charge is 0.497 e. The zero-order valence-corrected chi connectivity index (χ0v) is 19.9. The number of amides is 1. The lowest BCUT2D eigenvalue weighted by molar-refractivity contribution is 0.0779. The average Bonchev–Trinajstić information content (AvgIpc) is 3.32. The molecule has 1 amide bonds. The number of piperazine rings is 1. The number of ether oxygens (including phenoxy) is 1. The van der Waals surface area contributed by atoms with Gasteiger partial charge in [0, 0.05) is 49.9 Å². The summed E-state index contributed by atoms with van der Waals surface area (Å²) in [5.74, 6) is 0.823. The Balaban J connectivity index is 1.08. The van der Waals surface area contributed by atoms with Crippen LogP contribution in [0.15, 0.2) is 18.2 Å². The molecule has 7 heteroatoms. The first kappa shape index (κ1) is 22.4. The number of methoxy groups -OCH3 is 1. The zero-order chi connectivity index (χ0) is 22.6. The maximum absolute atomic E-state index is 12.8. The quantitative estimate of drug-likeness (QED) is 0.632. The van der Waals surface area contributed by atoms with Gasteiger partial charge in [0.25, 0.3) is 5.91 Å². The number of carbonyl (C=O) groups is 1. The normalized spacial score (nSPS) is 19.7. The fourth-order valence-electron chi connectivity index (χ4n) is 5.81. The van der Waals surface area contributed by atoms with Crippen molar-refractivity contribution < 1.29 is 9.53 Å². The smallest absolute Gasteiger partial charge is 0.269 e. The molecule has 2 fully saturated rings. The summed E-state index contributed by atoms with van der Waals surface area (Å²) in [5.41, 5.74) is 4.88. The van der Waals surface area contributed by atoms with Gasteiger partial charge in [0.2, 0.25) is 0 Å². The van der Waals surface area contributed by atoms with Crippen molar-refractivity contribution in [3.8, 4) is 17.0 Å². The van der Waals surface area contributed by atoms with E-state index < -0.39 is 0 Å². The zero-order valence-electron chi connectivity index (χ0n) is 19.9. The van der Waals surface area contributed by atoms with Crippen LogP contribution in [-0.2, 0) is 12.8 Å². The van der Waals surface area contributed by atoms with E-state index in [1.165, 1.54) is 50.8 Å². The molecule has 1 aromatic carbocycles. The van der Waals surface area contributed by atoms with Gasteiger partial charge in [-0.15, -0.1) is 0 Å². The van der Waals surface area contributed by atoms with Crippen LogP contribution in [0.1, 0.15) is 60.1 Å². The summed E-state index contributed by atoms with van der Waals surface area (Å²) in [4.78, 5) is 18.1. The number of nitrogens with zero attached hydrogens (tertiary/aromatic N) is 3. The van der Waals surface area contributed by atoms with E-state index in [0.717, 1.165) is 67.5 Å². The van der Waals surface area contributed by atoms with Crippen molar-refractivity contribution in [1.82, 2.24) is 25.3 Å². The molecule has 0 bridgehead atoms. The second-order valence-corrected chi connectivity index (χ2v) is 9.73. The van der Waals surface area contributed by atoms with Gasteiger partial charge < -0.3 is 15.0 Å². The van der Waals surface area contributed by atoms with E-state index in [9.17, 15) is 4.79 Å². The number of aromatic nitrogens is 2. The first-order valence-corrected chi connectivity index (χ1v) is 12.7. The molecule has 0 unspecified atom stereocenters. The van der Waals surface area contributed by atoms with E-state index in [2.05, 4.69) is 31.4 Å². The number of H-pyrrole nitrogens is 1. The van der Waals surface area contributed by atoms with Crippen LogP contribution in [0.3, 0.4) is 0 Å². The number of benzene rings is 1. The highest BCUT2D eigenvalue weighted by atomic mass is 16.5. The third-order valence-electron chi connectivity index (χ3n) is 7.74. The van der Waals surface area contributed by atoms with Crippen LogP contribution in [-0.4, -0.2) is 78.3 Å². The highest BCUT2D eigenvalue weighted by Crippen LogP contribution is 2.35. The summed E-state index contributed by atoms with van der Waals surface area (Å²) in [6.07, 6.45) is 9.72. The number of aryl methyl sites for hydroxylation is 1. The highest BCUT2D eigenvalue weighted by molar-refractivity contribution is 5.96. The summed E-state index contributed by atoms with van der Waals surface area (Å²) in [5, 5.41) is 10.6. The fourth-order valence-corrected chi connectivity index (χ4v) is 5.81. The maximum Gasteiger partial charge on any atom is 0.269 e. The lowest BCUT2D eigenvalue weighted by atomic mass is 9.89. The van der Waals surface area contributed by atoms with Crippen LogP contribution in [0, 0.1) is 0 Å². The molecule has 0 atom stereocenters. The Morgan fingerprint density at radius 1 is 1.15 bits per heavy atom. The van der Waals surface area contributed by atoms with Crippen LogP contribution in [0.2, 0.25) is 0 Å². The van der Waals surface area contributed by atoms with Crippen molar-refractivity contribution in [2.45, 2.75) is 57.4 Å². The minimum Gasteiger partial charge on any atom is -0.497 e. The predicted molar refractivity (Wildman–Crippen MR) is 130 cm³/mol. The molecule has 2 aromatic rings. The third kappa shape index (κ3) is 4.94. The van der Waals surface area contributed by atoms with Crippen molar-refractivity contribution in [3.63, 3.8) is 0 Å². The van der Waals surface area contributed by atoms with E-state index in [4.69, 9.17) is 4.74 Å². The minimum atomic E-state index is -0.0390. The van der Waals surface area contributed by atoms with Crippen LogP contribution in [0.5, 0.6) is 5.75 Å². The molecular formula is C26H37N5O2. The monoisotopic (exact) mass is 451 g/mol. The first-order valence-electron chi connectivity index (χ1n) is 12.7. The van der Waals surface area contributed by atoms with Gasteiger partial charge in [-0.05, 0) is 62.4 Å². The number of hydrogen-bond donors (Lipinski definition) is 2. The molecule has 5 rings (SSSR count). The van der Waals surface area contributed by atoms with E-state index in [-0.39, 0.29) is 5.91 Å². The second kappa shape index (κ2) is 10.3. The third-order valence-corrected chi connectivity index (χ3v) is 7.74. The van der Waals surface area contributed by atoms with Crippen LogP contribution in [0.4, 0.5) is 0 Å². The van der Waals surface area contributed by atoms with Gasteiger partial charge in [0.1, 0.15) is 11.4 Å².